The van der Waals surface area contributed by atoms with E-state index in [0.29, 0.717) is 45.0 Å². The quantitative estimate of drug-likeness (QED) is 0.462. The molecule has 7 nitrogen and oxygen atoms in total. The first kappa shape index (κ1) is 29.3. The van der Waals surface area contributed by atoms with Crippen molar-refractivity contribution >= 4 is 46.4 Å². The molecule has 0 saturated carbocycles. The molecule has 2 saturated heterocycles. The normalized spacial score (nSPS) is 17.3. The molecule has 2 aliphatic rings. The van der Waals surface area contributed by atoms with E-state index in [1.807, 2.05) is 4.90 Å². The molecule has 0 unspecified atom stereocenters. The Hall–Kier alpha value is -2.67. The number of nitrogens with zero attached hydrogens (tertiary/aromatic N) is 3. The van der Waals surface area contributed by atoms with Gasteiger partial charge >= 0.3 is 6.18 Å². The van der Waals surface area contributed by atoms with Crippen LogP contribution >= 0.6 is 23.2 Å². The zero-order chi connectivity index (χ0) is 28.3. The molecule has 2 aromatic rings. The Kier molecular flexibility index (Phi) is 9.20. The van der Waals surface area contributed by atoms with Crippen LogP contribution in [0.3, 0.4) is 0 Å². The molecule has 2 heterocycles. The molecular weight excluding hydrogens is 568 g/mol. The largest absolute Gasteiger partial charge is 0.390 e. The number of anilines is 2. The van der Waals surface area contributed by atoms with Crippen LogP contribution in [0.4, 0.5) is 33.3 Å². The Balaban J connectivity index is 1.48. The molecule has 2 N–H and O–H groups in total. The van der Waals surface area contributed by atoms with Crippen LogP contribution in [-0.4, -0.2) is 80.1 Å². The molecule has 212 valence electrons. The molecule has 0 atom stereocenters. The first-order chi connectivity index (χ1) is 18.4. The minimum Gasteiger partial charge on any atom is -0.367 e. The average Bonchev–Trinajstić information content (AvgIpc) is 2.87. The van der Waals surface area contributed by atoms with Crippen molar-refractivity contribution in [3.05, 3.63) is 57.1 Å². The Morgan fingerprint density at radius 3 is 2.33 bits per heavy atom. The van der Waals surface area contributed by atoms with Gasteiger partial charge in [-0.1, -0.05) is 29.3 Å². The van der Waals surface area contributed by atoms with Gasteiger partial charge in [-0.05, 0) is 18.2 Å². The first-order valence-corrected chi connectivity index (χ1v) is 13.0. The molecule has 0 aliphatic carbocycles. The van der Waals surface area contributed by atoms with Crippen molar-refractivity contribution in [3.63, 3.8) is 0 Å². The molecule has 2 aromatic carbocycles. The molecule has 0 spiro atoms. The summed E-state index contributed by atoms with van der Waals surface area (Å²) in [6.07, 6.45) is -5.15. The number of hydrogen-bond donors (Lipinski definition) is 2. The predicted molar refractivity (Wildman–Crippen MR) is 138 cm³/mol. The van der Waals surface area contributed by atoms with Crippen molar-refractivity contribution in [2.45, 2.75) is 19.1 Å². The second-order valence-electron chi connectivity index (χ2n) is 9.39. The number of piperazine rings is 2. The number of rotatable bonds is 7. The fourth-order valence-electron chi connectivity index (χ4n) is 4.54. The van der Waals surface area contributed by atoms with Crippen molar-refractivity contribution in [3.8, 4) is 0 Å². The number of nitrogens with one attached hydrogen (secondary N) is 2. The fourth-order valence-corrected chi connectivity index (χ4v) is 4.86. The molecule has 14 heteroatoms. The first-order valence-electron chi connectivity index (χ1n) is 12.2. The van der Waals surface area contributed by atoms with Gasteiger partial charge in [-0.15, -0.1) is 0 Å². The Morgan fingerprint density at radius 2 is 1.67 bits per heavy atom. The number of carbonyl (C=O) groups excluding carboxylic acids is 2. The maximum absolute atomic E-state index is 15.0. The lowest BCUT2D eigenvalue weighted by Crippen LogP contribution is -2.47. The maximum atomic E-state index is 15.0. The van der Waals surface area contributed by atoms with Gasteiger partial charge in [0.2, 0.25) is 5.91 Å². The summed E-state index contributed by atoms with van der Waals surface area (Å²) < 4.78 is 67.6. The third-order valence-electron chi connectivity index (χ3n) is 6.63. The molecule has 4 rings (SSSR count). The molecule has 0 bridgehead atoms. The third-order valence-corrected chi connectivity index (χ3v) is 7.35. The van der Waals surface area contributed by atoms with Crippen molar-refractivity contribution < 1.29 is 31.5 Å². The molecule has 2 aliphatic heterocycles. The van der Waals surface area contributed by atoms with Gasteiger partial charge in [0, 0.05) is 57.9 Å². The van der Waals surface area contributed by atoms with Gasteiger partial charge in [0.25, 0.3) is 5.91 Å². The highest BCUT2D eigenvalue weighted by Crippen LogP contribution is 2.36. The van der Waals surface area contributed by atoms with Gasteiger partial charge < -0.3 is 15.5 Å². The number of alkyl halides is 3. The van der Waals surface area contributed by atoms with E-state index in [1.165, 1.54) is 24.3 Å². The van der Waals surface area contributed by atoms with Crippen LogP contribution in [0.2, 0.25) is 10.0 Å². The lowest BCUT2D eigenvalue weighted by atomic mass is 10.1. The molecule has 2 amide bonds. The van der Waals surface area contributed by atoms with E-state index in [9.17, 15) is 31.5 Å². The highest BCUT2D eigenvalue weighted by molar-refractivity contribution is 6.42. The summed E-state index contributed by atoms with van der Waals surface area (Å²) in [5, 5.41) is 5.53. The standard InChI is InChI=1S/C25H26Cl2F5N5O2/c26-17-11-19(20(12-18(17)27)37-9-7-35(8-10-37)5-3-25(30,31)32)34-24(39)16-2-1-15(22(28)23(16)29)13-36-6-4-33-21(38)14-36/h1-2,11-12H,3-10,13-14H2,(H,33,38)(H,34,39). The SMILES string of the molecule is O=C1CN(Cc2ccc(C(=O)Nc3cc(Cl)c(Cl)cc3N3CCN(CCC(F)(F)F)CC3)c(F)c2F)CCN1. The van der Waals surface area contributed by atoms with Crippen molar-refractivity contribution in [1.29, 1.82) is 0 Å². The zero-order valence-corrected chi connectivity index (χ0v) is 22.2. The summed E-state index contributed by atoms with van der Waals surface area (Å²) in [6, 6.07) is 5.37. The lowest BCUT2D eigenvalue weighted by Gasteiger charge is -2.37. The van der Waals surface area contributed by atoms with Crippen molar-refractivity contribution in [1.82, 2.24) is 15.1 Å². The number of halogens is 7. The van der Waals surface area contributed by atoms with Crippen LogP contribution in [0, 0.1) is 11.6 Å². The molecule has 2 fully saturated rings. The molecule has 39 heavy (non-hydrogen) atoms. The lowest BCUT2D eigenvalue weighted by molar-refractivity contribution is -0.138. The minimum atomic E-state index is -4.24. The van der Waals surface area contributed by atoms with Gasteiger partial charge in [0.05, 0.1) is 39.9 Å². The van der Waals surface area contributed by atoms with E-state index >= 15 is 0 Å². The highest BCUT2D eigenvalue weighted by Gasteiger charge is 2.29. The summed E-state index contributed by atoms with van der Waals surface area (Å²) >= 11 is 12.4. The third kappa shape index (κ3) is 7.50. The van der Waals surface area contributed by atoms with Gasteiger partial charge in [0.1, 0.15) is 0 Å². The fraction of sp³-hybridized carbons (Fsp3) is 0.440. The number of hydrogen-bond acceptors (Lipinski definition) is 5. The van der Waals surface area contributed by atoms with Crippen molar-refractivity contribution in [2.24, 2.45) is 0 Å². The molecule has 0 radical (unpaired) electrons. The van der Waals surface area contributed by atoms with Crippen LogP contribution in [0.1, 0.15) is 22.3 Å². The highest BCUT2D eigenvalue weighted by atomic mass is 35.5. The van der Waals surface area contributed by atoms with E-state index in [1.54, 1.807) is 9.80 Å². The van der Waals surface area contributed by atoms with Crippen molar-refractivity contribution in [2.75, 3.05) is 62.6 Å². The van der Waals surface area contributed by atoms with E-state index in [2.05, 4.69) is 10.6 Å². The monoisotopic (exact) mass is 593 g/mol. The Bertz CT molecular complexity index is 1240. The van der Waals surface area contributed by atoms with Crippen LogP contribution < -0.4 is 15.5 Å². The number of benzene rings is 2. The van der Waals surface area contributed by atoms with Crippen LogP contribution in [0.25, 0.3) is 0 Å². The van der Waals surface area contributed by atoms with E-state index in [-0.39, 0.29) is 46.8 Å². The smallest absolute Gasteiger partial charge is 0.367 e. The number of carbonyl (C=O) groups is 2. The second kappa shape index (κ2) is 12.2. The number of amides is 2. The van der Waals surface area contributed by atoms with Gasteiger partial charge in [-0.3, -0.25) is 19.4 Å². The topological polar surface area (TPSA) is 67.9 Å². The molecular formula is C25H26Cl2F5N5O2. The maximum Gasteiger partial charge on any atom is 0.390 e. The van der Waals surface area contributed by atoms with Gasteiger partial charge in [0.15, 0.2) is 11.6 Å². The van der Waals surface area contributed by atoms with Crippen LogP contribution in [0.5, 0.6) is 0 Å². The van der Waals surface area contributed by atoms with Gasteiger partial charge in [-0.25, -0.2) is 8.78 Å². The predicted octanol–water partition coefficient (Wildman–Crippen LogP) is 4.53. The van der Waals surface area contributed by atoms with Gasteiger partial charge in [-0.2, -0.15) is 13.2 Å². The average molecular weight is 594 g/mol. The van der Waals surface area contributed by atoms with Crippen LogP contribution in [0.15, 0.2) is 24.3 Å². The van der Waals surface area contributed by atoms with Crippen LogP contribution in [-0.2, 0) is 11.3 Å². The van der Waals surface area contributed by atoms with E-state index in [0.717, 1.165) is 0 Å². The Morgan fingerprint density at radius 1 is 0.974 bits per heavy atom. The summed E-state index contributed by atoms with van der Waals surface area (Å²) in [7, 11) is 0. The van der Waals surface area contributed by atoms with E-state index in [4.69, 9.17) is 23.2 Å². The summed E-state index contributed by atoms with van der Waals surface area (Å²) in [6.45, 7) is 2.23. The minimum absolute atomic E-state index is 0.00393. The summed E-state index contributed by atoms with van der Waals surface area (Å²) in [4.78, 5) is 29.8. The summed E-state index contributed by atoms with van der Waals surface area (Å²) in [5.41, 5.74) is 0.134. The Labute approximate surface area is 231 Å². The molecule has 0 aromatic heterocycles. The summed E-state index contributed by atoms with van der Waals surface area (Å²) in [5.74, 6) is -3.64. The van der Waals surface area contributed by atoms with E-state index < -0.39 is 35.7 Å². The zero-order valence-electron chi connectivity index (χ0n) is 20.7. The second-order valence-corrected chi connectivity index (χ2v) is 10.2.